The van der Waals surface area contributed by atoms with Gasteiger partial charge in [-0.05, 0) is 43.0 Å². The normalized spacial score (nSPS) is 10.2. The molecule has 2 rings (SSSR count). The van der Waals surface area contributed by atoms with Gasteiger partial charge in [-0.1, -0.05) is 24.3 Å². The number of carbonyl (C=O) groups excluding carboxylic acids is 1. The first-order valence-electron chi connectivity index (χ1n) is 6.81. The molecule has 0 aliphatic rings. The molecule has 3 nitrogen and oxygen atoms in total. The van der Waals surface area contributed by atoms with Gasteiger partial charge in [0.1, 0.15) is 5.75 Å². The first-order chi connectivity index (χ1) is 10.2. The average Bonchev–Trinajstić information content (AvgIpc) is 2.49. The van der Waals surface area contributed by atoms with Gasteiger partial charge in [0.05, 0.1) is 13.0 Å². The molecule has 0 saturated heterocycles. The van der Waals surface area contributed by atoms with Crippen molar-refractivity contribution in [1.82, 2.24) is 0 Å². The molecular formula is C17H19NO2S. The van der Waals surface area contributed by atoms with Crippen molar-refractivity contribution >= 4 is 23.4 Å². The van der Waals surface area contributed by atoms with E-state index in [-0.39, 0.29) is 5.91 Å². The number of ether oxygens (including phenoxy) is 1. The van der Waals surface area contributed by atoms with Crippen LogP contribution in [0.25, 0.3) is 0 Å². The van der Waals surface area contributed by atoms with Gasteiger partial charge in [-0.25, -0.2) is 0 Å². The molecule has 2 aromatic rings. The zero-order chi connectivity index (χ0) is 15.1. The molecule has 4 heteroatoms. The van der Waals surface area contributed by atoms with E-state index in [1.807, 2.05) is 61.7 Å². The zero-order valence-electron chi connectivity index (χ0n) is 12.3. The largest absolute Gasteiger partial charge is 0.493 e. The van der Waals surface area contributed by atoms with Gasteiger partial charge in [0.25, 0.3) is 0 Å². The third kappa shape index (κ3) is 4.83. The number of thioether (sulfide) groups is 1. The maximum absolute atomic E-state index is 11.9. The van der Waals surface area contributed by atoms with E-state index in [9.17, 15) is 4.79 Å². The van der Waals surface area contributed by atoms with E-state index in [4.69, 9.17) is 4.74 Å². The van der Waals surface area contributed by atoms with Crippen molar-refractivity contribution < 1.29 is 9.53 Å². The lowest BCUT2D eigenvalue weighted by Crippen LogP contribution is -2.15. The highest BCUT2D eigenvalue weighted by Crippen LogP contribution is 2.19. The molecule has 0 radical (unpaired) electrons. The van der Waals surface area contributed by atoms with Crippen molar-refractivity contribution in [3.05, 3.63) is 54.1 Å². The van der Waals surface area contributed by atoms with Crippen LogP contribution in [0.3, 0.4) is 0 Å². The minimum Gasteiger partial charge on any atom is -0.493 e. The zero-order valence-corrected chi connectivity index (χ0v) is 13.1. The lowest BCUT2D eigenvalue weighted by molar-refractivity contribution is -0.116. The molecule has 2 aromatic carbocycles. The van der Waals surface area contributed by atoms with Crippen molar-refractivity contribution in [2.24, 2.45) is 0 Å². The standard InChI is InChI=1S/C17H19NO2S/c1-13-6-3-4-9-16(13)20-11-10-17(19)18-14-7-5-8-15(12-14)21-2/h3-9,12H,10-11H2,1-2H3,(H,18,19). The predicted octanol–water partition coefficient (Wildman–Crippen LogP) is 4.12. The van der Waals surface area contributed by atoms with E-state index in [0.29, 0.717) is 13.0 Å². The average molecular weight is 301 g/mol. The molecule has 0 saturated carbocycles. The number of hydrogen-bond donors (Lipinski definition) is 1. The fourth-order valence-electron chi connectivity index (χ4n) is 1.90. The Morgan fingerprint density at radius 2 is 2.00 bits per heavy atom. The van der Waals surface area contributed by atoms with Gasteiger partial charge < -0.3 is 10.1 Å². The summed E-state index contributed by atoms with van der Waals surface area (Å²) in [6.45, 7) is 2.36. The number of hydrogen-bond acceptors (Lipinski definition) is 3. The Balaban J connectivity index is 1.81. The summed E-state index contributed by atoms with van der Waals surface area (Å²) >= 11 is 1.65. The van der Waals surface area contributed by atoms with Gasteiger partial charge in [-0.15, -0.1) is 11.8 Å². The van der Waals surface area contributed by atoms with Crippen molar-refractivity contribution in [3.63, 3.8) is 0 Å². The van der Waals surface area contributed by atoms with Gasteiger partial charge in [0, 0.05) is 10.6 Å². The molecule has 1 N–H and O–H groups in total. The van der Waals surface area contributed by atoms with E-state index in [0.717, 1.165) is 21.9 Å². The van der Waals surface area contributed by atoms with Gasteiger partial charge in [-0.3, -0.25) is 4.79 Å². The van der Waals surface area contributed by atoms with Crippen LogP contribution in [0.2, 0.25) is 0 Å². The summed E-state index contributed by atoms with van der Waals surface area (Å²) < 4.78 is 5.63. The molecule has 21 heavy (non-hydrogen) atoms. The van der Waals surface area contributed by atoms with Crippen LogP contribution in [-0.2, 0) is 4.79 Å². The maximum atomic E-state index is 11.9. The van der Waals surface area contributed by atoms with Gasteiger partial charge >= 0.3 is 0 Å². The highest BCUT2D eigenvalue weighted by Gasteiger charge is 2.04. The number of aryl methyl sites for hydroxylation is 1. The minimum atomic E-state index is -0.0400. The van der Waals surface area contributed by atoms with E-state index >= 15 is 0 Å². The molecule has 0 unspecified atom stereocenters. The van der Waals surface area contributed by atoms with Crippen LogP contribution in [-0.4, -0.2) is 18.8 Å². The number of amides is 1. The highest BCUT2D eigenvalue weighted by molar-refractivity contribution is 7.98. The van der Waals surface area contributed by atoms with Crippen LogP contribution in [0.15, 0.2) is 53.4 Å². The Bertz CT molecular complexity index is 613. The van der Waals surface area contributed by atoms with Gasteiger partial charge in [0.15, 0.2) is 0 Å². The van der Waals surface area contributed by atoms with Crippen molar-refractivity contribution in [2.75, 3.05) is 18.2 Å². The molecule has 0 spiro atoms. The third-order valence-electron chi connectivity index (χ3n) is 3.03. The van der Waals surface area contributed by atoms with Gasteiger partial charge in [0.2, 0.25) is 5.91 Å². The Kier molecular flexibility index (Phi) is 5.69. The Hall–Kier alpha value is -1.94. The number of para-hydroxylation sites is 1. The lowest BCUT2D eigenvalue weighted by atomic mass is 10.2. The second kappa shape index (κ2) is 7.74. The molecular weight excluding hydrogens is 282 g/mol. The van der Waals surface area contributed by atoms with Crippen LogP contribution in [0.4, 0.5) is 5.69 Å². The first kappa shape index (κ1) is 15.4. The van der Waals surface area contributed by atoms with E-state index < -0.39 is 0 Å². The van der Waals surface area contributed by atoms with Crippen LogP contribution in [0.1, 0.15) is 12.0 Å². The summed E-state index contributed by atoms with van der Waals surface area (Å²) in [7, 11) is 0. The molecule has 1 amide bonds. The summed E-state index contributed by atoms with van der Waals surface area (Å²) in [6.07, 6.45) is 2.34. The monoisotopic (exact) mass is 301 g/mol. The molecule has 0 aromatic heterocycles. The van der Waals surface area contributed by atoms with E-state index in [1.54, 1.807) is 11.8 Å². The first-order valence-corrected chi connectivity index (χ1v) is 8.04. The second-order valence-corrected chi connectivity index (χ2v) is 5.52. The number of rotatable bonds is 6. The smallest absolute Gasteiger partial charge is 0.227 e. The molecule has 0 aliphatic heterocycles. The lowest BCUT2D eigenvalue weighted by Gasteiger charge is -2.09. The second-order valence-electron chi connectivity index (χ2n) is 4.64. The topological polar surface area (TPSA) is 38.3 Å². The SMILES string of the molecule is CSc1cccc(NC(=O)CCOc2ccccc2C)c1. The Labute approximate surface area is 129 Å². The van der Waals surface area contributed by atoms with E-state index in [1.165, 1.54) is 0 Å². The van der Waals surface area contributed by atoms with Crippen LogP contribution in [0.5, 0.6) is 5.75 Å². The van der Waals surface area contributed by atoms with Crippen LogP contribution >= 0.6 is 11.8 Å². The molecule has 0 bridgehead atoms. The Morgan fingerprint density at radius 1 is 1.19 bits per heavy atom. The van der Waals surface area contributed by atoms with Crippen molar-refractivity contribution in [2.45, 2.75) is 18.2 Å². The van der Waals surface area contributed by atoms with Crippen LogP contribution in [0, 0.1) is 6.92 Å². The van der Waals surface area contributed by atoms with Gasteiger partial charge in [-0.2, -0.15) is 0 Å². The summed E-state index contributed by atoms with van der Waals surface area (Å²) in [4.78, 5) is 13.0. The molecule has 0 heterocycles. The maximum Gasteiger partial charge on any atom is 0.227 e. The Morgan fingerprint density at radius 3 is 2.76 bits per heavy atom. The number of anilines is 1. The number of benzene rings is 2. The van der Waals surface area contributed by atoms with E-state index in [2.05, 4.69) is 5.32 Å². The fourth-order valence-corrected chi connectivity index (χ4v) is 2.36. The predicted molar refractivity (Wildman–Crippen MR) is 88.1 cm³/mol. The van der Waals surface area contributed by atoms with Crippen molar-refractivity contribution in [3.8, 4) is 5.75 Å². The molecule has 0 aliphatic carbocycles. The van der Waals surface area contributed by atoms with Crippen LogP contribution < -0.4 is 10.1 Å². The number of carbonyl (C=O) groups is 1. The molecule has 0 atom stereocenters. The molecule has 0 fully saturated rings. The quantitative estimate of drug-likeness (QED) is 0.815. The summed E-state index contributed by atoms with van der Waals surface area (Å²) in [6, 6.07) is 15.6. The highest BCUT2D eigenvalue weighted by atomic mass is 32.2. The minimum absolute atomic E-state index is 0.0400. The van der Waals surface area contributed by atoms with Crippen molar-refractivity contribution in [1.29, 1.82) is 0 Å². The third-order valence-corrected chi connectivity index (χ3v) is 3.76. The summed E-state index contributed by atoms with van der Waals surface area (Å²) in [5.74, 6) is 0.788. The number of nitrogens with one attached hydrogen (secondary N) is 1. The summed E-state index contributed by atoms with van der Waals surface area (Å²) in [5, 5.41) is 2.89. The fraction of sp³-hybridized carbons (Fsp3) is 0.235. The summed E-state index contributed by atoms with van der Waals surface area (Å²) in [5.41, 5.74) is 1.90. The molecule has 110 valence electrons.